The lowest BCUT2D eigenvalue weighted by molar-refractivity contribution is -0.0226. The van der Waals surface area contributed by atoms with Crippen LogP contribution in [0.2, 0.25) is 0 Å². The van der Waals surface area contributed by atoms with Gasteiger partial charge in [0.1, 0.15) is 5.60 Å². The van der Waals surface area contributed by atoms with Crippen molar-refractivity contribution in [3.05, 3.63) is 18.0 Å². The molecule has 1 fully saturated rings. The molecule has 0 unspecified atom stereocenters. The van der Waals surface area contributed by atoms with Gasteiger partial charge in [-0.1, -0.05) is 6.92 Å². The molecule has 1 aliphatic heterocycles. The normalized spacial score (nSPS) is 19.8. The van der Waals surface area contributed by atoms with Crippen molar-refractivity contribution in [3.8, 4) is 0 Å². The van der Waals surface area contributed by atoms with Gasteiger partial charge in [0.15, 0.2) is 0 Å². The molecule has 1 aromatic rings. The van der Waals surface area contributed by atoms with Crippen LogP contribution in [0.3, 0.4) is 0 Å². The zero-order chi connectivity index (χ0) is 9.31. The molecule has 2 rings (SSSR count). The van der Waals surface area contributed by atoms with Gasteiger partial charge < -0.3 is 10.4 Å². The smallest absolute Gasteiger partial charge is 0.131 e. The van der Waals surface area contributed by atoms with E-state index in [4.69, 9.17) is 0 Å². The number of hydrogen-bond donors (Lipinski definition) is 2. The topological polar surface area (TPSA) is 50.1 Å². The summed E-state index contributed by atoms with van der Waals surface area (Å²) in [5.41, 5.74) is 0.263. The minimum absolute atomic E-state index is 0.641. The molecule has 72 valence electrons. The molecule has 13 heavy (non-hydrogen) atoms. The Kier molecular flexibility index (Phi) is 2.09. The summed E-state index contributed by atoms with van der Waals surface area (Å²) in [5, 5.41) is 17.3. The van der Waals surface area contributed by atoms with Crippen LogP contribution in [-0.2, 0) is 12.1 Å². The van der Waals surface area contributed by atoms with Crippen molar-refractivity contribution in [1.82, 2.24) is 15.1 Å². The molecule has 4 heteroatoms. The fourth-order valence-electron chi connectivity index (χ4n) is 1.66. The maximum Gasteiger partial charge on any atom is 0.131 e. The lowest BCUT2D eigenvalue weighted by Gasteiger charge is -2.37. The number of aromatic nitrogens is 2. The first-order chi connectivity index (χ1) is 6.26. The SMILES string of the molecule is CCCn1nccc1C1(O)CNC1. The maximum absolute atomic E-state index is 10.1. The monoisotopic (exact) mass is 181 g/mol. The molecule has 0 aromatic carbocycles. The van der Waals surface area contributed by atoms with Crippen LogP contribution in [0, 0.1) is 0 Å². The van der Waals surface area contributed by atoms with E-state index in [1.807, 2.05) is 10.7 Å². The number of β-amino-alcohol motifs (C(OH)–C–C–N with tert-alkyl or cyclic N) is 1. The first kappa shape index (κ1) is 8.72. The Labute approximate surface area is 77.6 Å². The van der Waals surface area contributed by atoms with Crippen LogP contribution in [-0.4, -0.2) is 28.0 Å². The standard InChI is InChI=1S/C9H15N3O/c1-2-5-12-8(3-4-11-12)9(13)6-10-7-9/h3-4,10,13H,2,5-7H2,1H3. The van der Waals surface area contributed by atoms with Crippen molar-refractivity contribution in [3.63, 3.8) is 0 Å². The van der Waals surface area contributed by atoms with Crippen LogP contribution in [0.5, 0.6) is 0 Å². The predicted octanol–water partition coefficient (Wildman–Crippen LogP) is 0.0839. The van der Waals surface area contributed by atoms with E-state index in [-0.39, 0.29) is 0 Å². The highest BCUT2D eigenvalue weighted by Crippen LogP contribution is 2.24. The summed E-state index contributed by atoms with van der Waals surface area (Å²) in [5.74, 6) is 0. The average molecular weight is 181 g/mol. The van der Waals surface area contributed by atoms with Gasteiger partial charge in [-0.25, -0.2) is 0 Å². The Bertz CT molecular complexity index is 291. The molecule has 0 radical (unpaired) electrons. The molecule has 0 amide bonds. The van der Waals surface area contributed by atoms with Crippen LogP contribution in [0.25, 0.3) is 0 Å². The van der Waals surface area contributed by atoms with Gasteiger partial charge in [0, 0.05) is 25.8 Å². The quantitative estimate of drug-likeness (QED) is 0.694. The third-order valence-corrected chi connectivity index (χ3v) is 2.46. The third-order valence-electron chi connectivity index (χ3n) is 2.46. The van der Waals surface area contributed by atoms with Gasteiger partial charge >= 0.3 is 0 Å². The van der Waals surface area contributed by atoms with Gasteiger partial charge in [-0.3, -0.25) is 4.68 Å². The van der Waals surface area contributed by atoms with Crippen LogP contribution in [0.1, 0.15) is 19.0 Å². The van der Waals surface area contributed by atoms with E-state index in [0.717, 1.165) is 18.7 Å². The van der Waals surface area contributed by atoms with Crippen molar-refractivity contribution in [2.24, 2.45) is 0 Å². The molecular formula is C9H15N3O. The molecular weight excluding hydrogens is 166 g/mol. The van der Waals surface area contributed by atoms with Crippen molar-refractivity contribution in [2.45, 2.75) is 25.5 Å². The first-order valence-corrected chi connectivity index (χ1v) is 4.71. The second-order valence-corrected chi connectivity index (χ2v) is 3.57. The summed E-state index contributed by atoms with van der Waals surface area (Å²) < 4.78 is 1.89. The summed E-state index contributed by atoms with van der Waals surface area (Å²) in [6.45, 7) is 4.27. The van der Waals surface area contributed by atoms with Gasteiger partial charge in [0.05, 0.1) is 5.69 Å². The molecule has 0 bridgehead atoms. The molecule has 4 nitrogen and oxygen atoms in total. The third kappa shape index (κ3) is 1.36. The molecule has 0 spiro atoms. The molecule has 0 atom stereocenters. The summed E-state index contributed by atoms with van der Waals surface area (Å²) >= 11 is 0. The Hall–Kier alpha value is -0.870. The van der Waals surface area contributed by atoms with Crippen LogP contribution >= 0.6 is 0 Å². The van der Waals surface area contributed by atoms with E-state index in [1.54, 1.807) is 6.20 Å². The van der Waals surface area contributed by atoms with Crippen LogP contribution < -0.4 is 5.32 Å². The number of aliphatic hydroxyl groups is 1. The van der Waals surface area contributed by atoms with Gasteiger partial charge in [-0.05, 0) is 12.5 Å². The Morgan fingerprint density at radius 2 is 2.46 bits per heavy atom. The van der Waals surface area contributed by atoms with E-state index in [0.29, 0.717) is 13.1 Å². The molecule has 1 aromatic heterocycles. The van der Waals surface area contributed by atoms with E-state index in [9.17, 15) is 5.11 Å². The minimum Gasteiger partial charge on any atom is -0.381 e. The number of hydrogen-bond acceptors (Lipinski definition) is 3. The summed E-state index contributed by atoms with van der Waals surface area (Å²) in [7, 11) is 0. The summed E-state index contributed by atoms with van der Waals surface area (Å²) in [4.78, 5) is 0. The zero-order valence-electron chi connectivity index (χ0n) is 7.82. The van der Waals surface area contributed by atoms with E-state index < -0.39 is 5.60 Å². The van der Waals surface area contributed by atoms with Gasteiger partial charge in [-0.15, -0.1) is 0 Å². The van der Waals surface area contributed by atoms with Crippen molar-refractivity contribution < 1.29 is 5.11 Å². The average Bonchev–Trinajstić information content (AvgIpc) is 2.49. The van der Waals surface area contributed by atoms with E-state index in [1.165, 1.54) is 0 Å². The summed E-state index contributed by atoms with van der Waals surface area (Å²) in [6.07, 6.45) is 2.79. The molecule has 1 saturated heterocycles. The van der Waals surface area contributed by atoms with Crippen molar-refractivity contribution in [2.75, 3.05) is 13.1 Å². The largest absolute Gasteiger partial charge is 0.381 e. The predicted molar refractivity (Wildman–Crippen MR) is 49.3 cm³/mol. The fourth-order valence-corrected chi connectivity index (χ4v) is 1.66. The highest BCUT2D eigenvalue weighted by atomic mass is 16.3. The highest BCUT2D eigenvalue weighted by molar-refractivity contribution is 5.17. The Morgan fingerprint density at radius 1 is 1.69 bits per heavy atom. The summed E-state index contributed by atoms with van der Waals surface area (Å²) in [6, 6.07) is 1.90. The molecule has 1 aliphatic rings. The second-order valence-electron chi connectivity index (χ2n) is 3.57. The number of nitrogens with zero attached hydrogens (tertiary/aromatic N) is 2. The Morgan fingerprint density at radius 3 is 3.00 bits per heavy atom. The lowest BCUT2D eigenvalue weighted by atomic mass is 9.93. The first-order valence-electron chi connectivity index (χ1n) is 4.71. The van der Waals surface area contributed by atoms with Gasteiger partial charge in [-0.2, -0.15) is 5.10 Å². The number of aryl methyl sites for hydroxylation is 1. The van der Waals surface area contributed by atoms with E-state index >= 15 is 0 Å². The van der Waals surface area contributed by atoms with Crippen molar-refractivity contribution >= 4 is 0 Å². The van der Waals surface area contributed by atoms with Crippen LogP contribution in [0.15, 0.2) is 12.3 Å². The van der Waals surface area contributed by atoms with E-state index in [2.05, 4.69) is 17.3 Å². The minimum atomic E-state index is -0.675. The maximum atomic E-state index is 10.1. The molecule has 2 N–H and O–H groups in total. The lowest BCUT2D eigenvalue weighted by Crippen LogP contribution is -2.57. The number of nitrogens with one attached hydrogen (secondary N) is 1. The fraction of sp³-hybridized carbons (Fsp3) is 0.667. The molecule has 0 aliphatic carbocycles. The highest BCUT2D eigenvalue weighted by Gasteiger charge is 2.38. The van der Waals surface area contributed by atoms with Gasteiger partial charge in [0.25, 0.3) is 0 Å². The second kappa shape index (κ2) is 3.12. The van der Waals surface area contributed by atoms with Gasteiger partial charge in [0.2, 0.25) is 0 Å². The number of rotatable bonds is 3. The van der Waals surface area contributed by atoms with Crippen LogP contribution in [0.4, 0.5) is 0 Å². The van der Waals surface area contributed by atoms with Crippen molar-refractivity contribution in [1.29, 1.82) is 0 Å². The zero-order valence-corrected chi connectivity index (χ0v) is 7.82. The Balaban J connectivity index is 2.23. The molecule has 2 heterocycles. The molecule has 0 saturated carbocycles.